The van der Waals surface area contributed by atoms with Crippen LogP contribution in [0.3, 0.4) is 0 Å². The van der Waals surface area contributed by atoms with Gasteiger partial charge >= 0.3 is 5.76 Å². The van der Waals surface area contributed by atoms with Gasteiger partial charge in [-0.3, -0.25) is 9.36 Å². The number of hydrogen-bond donors (Lipinski definition) is 2. The molecule has 7 heteroatoms. The van der Waals surface area contributed by atoms with E-state index in [0.717, 1.165) is 0 Å². The molecule has 0 radical (unpaired) electrons. The summed E-state index contributed by atoms with van der Waals surface area (Å²) in [6.07, 6.45) is 0. The molecule has 1 amide bonds. The minimum atomic E-state index is -0.624. The highest BCUT2D eigenvalue weighted by Crippen LogP contribution is 2.21. The molecule has 0 unspecified atom stereocenters. The Hall–Kier alpha value is -1.79. The molecule has 0 fully saturated rings. The minimum Gasteiger partial charge on any atom is -0.408 e. The van der Waals surface area contributed by atoms with Gasteiger partial charge in [-0.2, -0.15) is 0 Å². The van der Waals surface area contributed by atoms with Crippen LogP contribution < -0.4 is 16.8 Å². The number of nitrogens with two attached hydrogens (primary N) is 1. The maximum Gasteiger partial charge on any atom is 0.419 e. The topological polar surface area (TPSA) is 90.3 Å². The molecule has 6 nitrogen and oxygen atoms in total. The van der Waals surface area contributed by atoms with E-state index in [9.17, 15) is 9.59 Å². The van der Waals surface area contributed by atoms with Crippen LogP contribution in [0, 0.1) is 5.41 Å². The van der Waals surface area contributed by atoms with Gasteiger partial charge in [-0.15, -0.1) is 12.4 Å². The Morgan fingerprint density at radius 1 is 1.38 bits per heavy atom. The lowest BCUT2D eigenvalue weighted by atomic mass is 9.87. The van der Waals surface area contributed by atoms with Crippen molar-refractivity contribution in [2.24, 2.45) is 18.2 Å². The van der Waals surface area contributed by atoms with Crippen molar-refractivity contribution >= 4 is 35.1 Å². The predicted octanol–water partition coefficient (Wildman–Crippen LogP) is 1.87. The van der Waals surface area contributed by atoms with Crippen LogP contribution in [0.5, 0.6) is 0 Å². The van der Waals surface area contributed by atoms with Gasteiger partial charge in [0.25, 0.3) is 0 Å². The molecule has 0 aliphatic carbocycles. The zero-order chi connectivity index (χ0) is 15.1. The van der Waals surface area contributed by atoms with E-state index in [4.69, 9.17) is 10.2 Å². The molecule has 2 aromatic rings. The first-order valence-corrected chi connectivity index (χ1v) is 6.36. The fourth-order valence-corrected chi connectivity index (χ4v) is 1.82. The number of hydrogen-bond acceptors (Lipinski definition) is 4. The SMILES string of the molecule is Cl.Cn1c(=O)oc2cc(NC(=O)[C@@H](N)C(C)(C)C)ccc21. The van der Waals surface area contributed by atoms with E-state index in [1.165, 1.54) is 4.57 Å². The second-order valence-electron chi connectivity index (χ2n) is 5.94. The fraction of sp³-hybridized carbons (Fsp3) is 0.429. The van der Waals surface area contributed by atoms with Crippen molar-refractivity contribution in [3.05, 3.63) is 28.7 Å². The number of halogens is 1. The van der Waals surface area contributed by atoms with Crippen molar-refractivity contribution in [1.29, 1.82) is 0 Å². The molecular formula is C14H20ClN3O3. The average Bonchev–Trinajstić information content (AvgIpc) is 2.62. The number of carbonyl (C=O) groups excluding carboxylic acids is 1. The zero-order valence-electron chi connectivity index (χ0n) is 12.5. The van der Waals surface area contributed by atoms with Crippen molar-refractivity contribution in [2.45, 2.75) is 26.8 Å². The maximum atomic E-state index is 12.0. The van der Waals surface area contributed by atoms with Gasteiger partial charge in [0, 0.05) is 18.8 Å². The summed E-state index contributed by atoms with van der Waals surface area (Å²) in [7, 11) is 1.63. The van der Waals surface area contributed by atoms with Gasteiger partial charge in [-0.05, 0) is 17.5 Å². The molecule has 0 saturated heterocycles. The Bertz CT molecular complexity index is 712. The molecular weight excluding hydrogens is 294 g/mol. The normalized spacial score (nSPS) is 12.8. The Morgan fingerprint density at radius 3 is 2.57 bits per heavy atom. The van der Waals surface area contributed by atoms with Gasteiger partial charge in [-0.1, -0.05) is 20.8 Å². The highest BCUT2D eigenvalue weighted by Gasteiger charge is 2.27. The molecule has 1 heterocycles. The fourth-order valence-electron chi connectivity index (χ4n) is 1.82. The first-order chi connectivity index (χ1) is 9.20. The summed E-state index contributed by atoms with van der Waals surface area (Å²) >= 11 is 0. The van der Waals surface area contributed by atoms with Crippen LogP contribution in [0.25, 0.3) is 11.1 Å². The monoisotopic (exact) mass is 313 g/mol. The number of fused-ring (bicyclic) bond motifs is 1. The number of aryl methyl sites for hydroxylation is 1. The number of rotatable bonds is 2. The van der Waals surface area contributed by atoms with E-state index in [2.05, 4.69) is 5.32 Å². The van der Waals surface area contributed by atoms with Gasteiger partial charge in [-0.25, -0.2) is 4.79 Å². The third-order valence-corrected chi connectivity index (χ3v) is 3.28. The minimum absolute atomic E-state index is 0. The third-order valence-electron chi connectivity index (χ3n) is 3.28. The number of amides is 1. The number of nitrogens with zero attached hydrogens (tertiary/aromatic N) is 1. The standard InChI is InChI=1S/C14H19N3O3.ClH/c1-14(2,3)11(15)12(18)16-8-5-6-9-10(7-8)20-13(19)17(9)4;/h5-7,11H,15H2,1-4H3,(H,16,18);1H/t11-;/m1./s1. The number of aromatic nitrogens is 1. The predicted molar refractivity (Wildman–Crippen MR) is 84.8 cm³/mol. The van der Waals surface area contributed by atoms with Crippen molar-refractivity contribution in [3.63, 3.8) is 0 Å². The number of nitrogens with one attached hydrogen (secondary N) is 1. The first-order valence-electron chi connectivity index (χ1n) is 6.36. The molecule has 1 aromatic heterocycles. The van der Waals surface area contributed by atoms with Crippen LogP contribution in [-0.4, -0.2) is 16.5 Å². The molecule has 2 rings (SSSR count). The van der Waals surface area contributed by atoms with Crippen molar-refractivity contribution in [3.8, 4) is 0 Å². The molecule has 0 aliphatic heterocycles. The Balaban J connectivity index is 0.00000220. The molecule has 0 bridgehead atoms. The first kappa shape index (κ1) is 17.3. The van der Waals surface area contributed by atoms with Crippen molar-refractivity contribution in [1.82, 2.24) is 4.57 Å². The Morgan fingerprint density at radius 2 is 2.00 bits per heavy atom. The summed E-state index contributed by atoms with van der Waals surface area (Å²) in [4.78, 5) is 23.4. The molecule has 116 valence electrons. The molecule has 21 heavy (non-hydrogen) atoms. The lowest BCUT2D eigenvalue weighted by Gasteiger charge is -2.25. The summed E-state index contributed by atoms with van der Waals surface area (Å²) in [5.74, 6) is -0.704. The highest BCUT2D eigenvalue weighted by molar-refractivity contribution is 5.96. The number of anilines is 1. The molecule has 0 saturated carbocycles. The Labute approximate surface area is 128 Å². The highest BCUT2D eigenvalue weighted by atomic mass is 35.5. The lowest BCUT2D eigenvalue weighted by molar-refractivity contribution is -0.119. The largest absolute Gasteiger partial charge is 0.419 e. The van der Waals surface area contributed by atoms with Crippen LogP contribution in [0.15, 0.2) is 27.4 Å². The second-order valence-corrected chi connectivity index (χ2v) is 5.94. The van der Waals surface area contributed by atoms with E-state index < -0.39 is 11.8 Å². The van der Waals surface area contributed by atoms with E-state index in [1.807, 2.05) is 20.8 Å². The van der Waals surface area contributed by atoms with Crippen molar-refractivity contribution in [2.75, 3.05) is 5.32 Å². The summed E-state index contributed by atoms with van der Waals surface area (Å²) in [5, 5.41) is 2.73. The molecule has 0 spiro atoms. The third kappa shape index (κ3) is 3.46. The van der Waals surface area contributed by atoms with Gasteiger partial charge in [0.2, 0.25) is 5.91 Å². The van der Waals surface area contributed by atoms with E-state index in [1.54, 1.807) is 25.2 Å². The van der Waals surface area contributed by atoms with Crippen molar-refractivity contribution < 1.29 is 9.21 Å². The van der Waals surface area contributed by atoms with Gasteiger partial charge in [0.15, 0.2) is 5.58 Å². The molecule has 1 atom stereocenters. The summed E-state index contributed by atoms with van der Waals surface area (Å²) in [6, 6.07) is 4.42. The number of oxazole rings is 1. The summed E-state index contributed by atoms with van der Waals surface area (Å²) < 4.78 is 6.48. The lowest BCUT2D eigenvalue weighted by Crippen LogP contribution is -2.45. The second kappa shape index (κ2) is 5.91. The maximum absolute atomic E-state index is 12.0. The van der Waals surface area contributed by atoms with Gasteiger partial charge in [0.1, 0.15) is 0 Å². The summed E-state index contributed by atoms with van der Waals surface area (Å²) in [6.45, 7) is 5.70. The van der Waals surface area contributed by atoms with Crippen LogP contribution in [0.1, 0.15) is 20.8 Å². The Kier molecular flexibility index (Phi) is 4.86. The quantitative estimate of drug-likeness (QED) is 0.885. The van der Waals surface area contributed by atoms with Crippen LogP contribution >= 0.6 is 12.4 Å². The molecule has 0 aliphatic rings. The molecule has 3 N–H and O–H groups in total. The van der Waals surface area contributed by atoms with E-state index in [-0.39, 0.29) is 23.7 Å². The van der Waals surface area contributed by atoms with Crippen LogP contribution in [0.2, 0.25) is 0 Å². The van der Waals surface area contributed by atoms with Gasteiger partial charge < -0.3 is 15.5 Å². The van der Waals surface area contributed by atoms with Crippen LogP contribution in [0.4, 0.5) is 5.69 Å². The van der Waals surface area contributed by atoms with Gasteiger partial charge in [0.05, 0.1) is 11.6 Å². The molecule has 1 aromatic carbocycles. The smallest absolute Gasteiger partial charge is 0.408 e. The van der Waals surface area contributed by atoms with E-state index in [0.29, 0.717) is 16.8 Å². The zero-order valence-corrected chi connectivity index (χ0v) is 13.3. The number of carbonyl (C=O) groups is 1. The van der Waals surface area contributed by atoms with Crippen LogP contribution in [-0.2, 0) is 11.8 Å². The van der Waals surface area contributed by atoms with E-state index >= 15 is 0 Å². The number of benzene rings is 1. The summed E-state index contributed by atoms with van der Waals surface area (Å²) in [5.41, 5.74) is 7.22. The average molecular weight is 314 g/mol.